The highest BCUT2D eigenvalue weighted by Gasteiger charge is 2.31. The molecule has 0 N–H and O–H groups in total. The molecule has 0 bridgehead atoms. The Labute approximate surface area is 117 Å². The summed E-state index contributed by atoms with van der Waals surface area (Å²) in [4.78, 5) is 27.8. The van der Waals surface area contributed by atoms with Gasteiger partial charge in [-0.1, -0.05) is 0 Å². The van der Waals surface area contributed by atoms with Gasteiger partial charge in [0.05, 0.1) is 6.26 Å². The van der Waals surface area contributed by atoms with Crippen molar-refractivity contribution in [2.45, 2.75) is 18.9 Å². The van der Waals surface area contributed by atoms with Crippen LogP contribution in [-0.2, 0) is 9.53 Å². The molecule has 6 nitrogen and oxygen atoms in total. The number of hydrogen-bond donors (Lipinski definition) is 0. The Kier molecular flexibility index (Phi) is 3.73. The second-order valence-electron chi connectivity index (χ2n) is 5.10. The number of amides is 2. The van der Waals surface area contributed by atoms with Crippen LogP contribution >= 0.6 is 0 Å². The van der Waals surface area contributed by atoms with Gasteiger partial charge in [-0.15, -0.1) is 0 Å². The smallest absolute Gasteiger partial charge is 0.289 e. The third kappa shape index (κ3) is 2.56. The largest absolute Gasteiger partial charge is 0.459 e. The minimum absolute atomic E-state index is 0.0626. The van der Waals surface area contributed by atoms with Gasteiger partial charge in [-0.25, -0.2) is 0 Å². The monoisotopic (exact) mass is 278 g/mol. The van der Waals surface area contributed by atoms with E-state index in [9.17, 15) is 9.59 Å². The Morgan fingerprint density at radius 3 is 2.50 bits per heavy atom. The summed E-state index contributed by atoms with van der Waals surface area (Å²) in [5, 5.41) is 0. The number of carbonyl (C=O) groups is 2. The highest BCUT2D eigenvalue weighted by atomic mass is 16.5. The molecule has 1 atom stereocenters. The molecular formula is C14H18N2O4. The van der Waals surface area contributed by atoms with Crippen molar-refractivity contribution < 1.29 is 18.7 Å². The summed E-state index contributed by atoms with van der Waals surface area (Å²) in [6.07, 6.45) is 2.98. The van der Waals surface area contributed by atoms with Gasteiger partial charge in [0.2, 0.25) is 0 Å². The van der Waals surface area contributed by atoms with Crippen LogP contribution in [0.2, 0.25) is 0 Å². The minimum atomic E-state index is -0.276. The SMILES string of the molecule is O=C(c1ccco1)N1CCN(C(=O)[C@H]2CCCO2)CC1. The predicted molar refractivity (Wildman–Crippen MR) is 70.2 cm³/mol. The molecule has 2 saturated heterocycles. The van der Waals surface area contributed by atoms with Gasteiger partial charge >= 0.3 is 0 Å². The van der Waals surface area contributed by atoms with Crippen LogP contribution in [-0.4, -0.2) is 60.5 Å². The van der Waals surface area contributed by atoms with Gasteiger partial charge in [0, 0.05) is 32.8 Å². The van der Waals surface area contributed by atoms with Crippen LogP contribution in [0.5, 0.6) is 0 Å². The van der Waals surface area contributed by atoms with Crippen LogP contribution in [0.4, 0.5) is 0 Å². The van der Waals surface area contributed by atoms with E-state index in [1.54, 1.807) is 21.9 Å². The number of nitrogens with zero attached hydrogens (tertiary/aromatic N) is 2. The first kappa shape index (κ1) is 13.2. The van der Waals surface area contributed by atoms with Crippen molar-refractivity contribution in [1.82, 2.24) is 9.80 Å². The van der Waals surface area contributed by atoms with Crippen molar-refractivity contribution in [1.29, 1.82) is 0 Å². The third-order valence-corrected chi connectivity index (χ3v) is 3.82. The zero-order valence-electron chi connectivity index (χ0n) is 11.3. The van der Waals surface area contributed by atoms with E-state index in [2.05, 4.69) is 0 Å². The summed E-state index contributed by atoms with van der Waals surface area (Å²) in [5.74, 6) is 0.302. The summed E-state index contributed by atoms with van der Waals surface area (Å²) in [6, 6.07) is 3.36. The second kappa shape index (κ2) is 5.66. The van der Waals surface area contributed by atoms with Crippen molar-refractivity contribution in [3.63, 3.8) is 0 Å². The maximum Gasteiger partial charge on any atom is 0.289 e. The van der Waals surface area contributed by atoms with Crippen molar-refractivity contribution >= 4 is 11.8 Å². The molecule has 2 fully saturated rings. The van der Waals surface area contributed by atoms with Crippen molar-refractivity contribution in [3.05, 3.63) is 24.2 Å². The molecule has 0 aliphatic carbocycles. The maximum absolute atomic E-state index is 12.2. The van der Waals surface area contributed by atoms with Crippen LogP contribution in [0, 0.1) is 0 Å². The number of rotatable bonds is 2. The molecule has 2 aliphatic heterocycles. The Morgan fingerprint density at radius 2 is 1.90 bits per heavy atom. The molecule has 6 heteroatoms. The zero-order valence-corrected chi connectivity index (χ0v) is 11.3. The van der Waals surface area contributed by atoms with Crippen LogP contribution in [0.15, 0.2) is 22.8 Å². The highest BCUT2D eigenvalue weighted by molar-refractivity contribution is 5.91. The molecule has 2 amide bonds. The van der Waals surface area contributed by atoms with Crippen LogP contribution in [0.25, 0.3) is 0 Å². The number of piperazine rings is 1. The van der Waals surface area contributed by atoms with Gasteiger partial charge in [0.15, 0.2) is 5.76 Å². The second-order valence-corrected chi connectivity index (χ2v) is 5.10. The Morgan fingerprint density at radius 1 is 1.15 bits per heavy atom. The molecule has 108 valence electrons. The number of furan rings is 1. The molecule has 2 aliphatic rings. The first-order valence-electron chi connectivity index (χ1n) is 6.99. The number of carbonyl (C=O) groups excluding carboxylic acids is 2. The fraction of sp³-hybridized carbons (Fsp3) is 0.571. The number of ether oxygens (including phenoxy) is 1. The third-order valence-electron chi connectivity index (χ3n) is 3.82. The first-order chi connectivity index (χ1) is 9.75. The van der Waals surface area contributed by atoms with E-state index in [1.807, 2.05) is 0 Å². The minimum Gasteiger partial charge on any atom is -0.459 e. The Hall–Kier alpha value is -1.82. The quantitative estimate of drug-likeness (QED) is 0.800. The fourth-order valence-electron chi connectivity index (χ4n) is 2.66. The molecule has 0 radical (unpaired) electrons. The van der Waals surface area contributed by atoms with E-state index >= 15 is 0 Å². The molecule has 0 unspecified atom stereocenters. The van der Waals surface area contributed by atoms with E-state index in [0.29, 0.717) is 38.5 Å². The summed E-state index contributed by atoms with van der Waals surface area (Å²) in [5.41, 5.74) is 0. The van der Waals surface area contributed by atoms with Gasteiger partial charge in [-0.2, -0.15) is 0 Å². The van der Waals surface area contributed by atoms with Gasteiger partial charge in [-0.3, -0.25) is 9.59 Å². The van der Waals surface area contributed by atoms with Crippen molar-refractivity contribution in [2.24, 2.45) is 0 Å². The van der Waals surface area contributed by atoms with E-state index in [0.717, 1.165) is 12.8 Å². The molecular weight excluding hydrogens is 260 g/mol. The maximum atomic E-state index is 12.2. The molecule has 0 saturated carbocycles. The predicted octanol–water partition coefficient (Wildman–Crippen LogP) is 0.743. The lowest BCUT2D eigenvalue weighted by atomic mass is 10.2. The molecule has 3 heterocycles. The average Bonchev–Trinajstić information content (AvgIpc) is 3.18. The molecule has 3 rings (SSSR count). The van der Waals surface area contributed by atoms with E-state index < -0.39 is 0 Å². The average molecular weight is 278 g/mol. The fourth-order valence-corrected chi connectivity index (χ4v) is 2.66. The molecule has 1 aromatic rings. The first-order valence-corrected chi connectivity index (χ1v) is 6.99. The lowest BCUT2D eigenvalue weighted by Crippen LogP contribution is -2.52. The zero-order chi connectivity index (χ0) is 13.9. The van der Waals surface area contributed by atoms with E-state index in [1.165, 1.54) is 6.26 Å². The Balaban J connectivity index is 1.54. The van der Waals surface area contributed by atoms with E-state index in [4.69, 9.17) is 9.15 Å². The van der Waals surface area contributed by atoms with Gasteiger partial charge in [0.25, 0.3) is 11.8 Å². The van der Waals surface area contributed by atoms with Crippen molar-refractivity contribution in [2.75, 3.05) is 32.8 Å². The molecule has 0 spiro atoms. The summed E-state index contributed by atoms with van der Waals surface area (Å²) in [7, 11) is 0. The molecule has 1 aromatic heterocycles. The lowest BCUT2D eigenvalue weighted by Gasteiger charge is -2.35. The lowest BCUT2D eigenvalue weighted by molar-refractivity contribution is -0.142. The number of hydrogen-bond acceptors (Lipinski definition) is 4. The van der Waals surface area contributed by atoms with Gasteiger partial charge < -0.3 is 19.0 Å². The van der Waals surface area contributed by atoms with E-state index in [-0.39, 0.29) is 17.9 Å². The summed E-state index contributed by atoms with van der Waals surface area (Å²) >= 11 is 0. The topological polar surface area (TPSA) is 63.0 Å². The van der Waals surface area contributed by atoms with Gasteiger partial charge in [0.1, 0.15) is 6.10 Å². The molecule has 20 heavy (non-hydrogen) atoms. The van der Waals surface area contributed by atoms with Crippen LogP contribution < -0.4 is 0 Å². The summed E-state index contributed by atoms with van der Waals surface area (Å²) in [6.45, 7) is 2.87. The van der Waals surface area contributed by atoms with Crippen molar-refractivity contribution in [3.8, 4) is 0 Å². The summed E-state index contributed by atoms with van der Waals surface area (Å²) < 4.78 is 10.5. The molecule has 0 aromatic carbocycles. The Bertz CT molecular complexity index is 471. The highest BCUT2D eigenvalue weighted by Crippen LogP contribution is 2.16. The van der Waals surface area contributed by atoms with Gasteiger partial charge in [-0.05, 0) is 25.0 Å². The van der Waals surface area contributed by atoms with Crippen LogP contribution in [0.1, 0.15) is 23.4 Å². The normalized spacial score (nSPS) is 23.1. The standard InChI is InChI=1S/C14H18N2O4/c17-13(11-3-1-9-19-11)15-5-7-16(8-6-15)14(18)12-4-2-10-20-12/h1,3,9,12H,2,4-8,10H2/t12-/m1/s1. The van der Waals surface area contributed by atoms with Crippen LogP contribution in [0.3, 0.4) is 0 Å².